The topological polar surface area (TPSA) is 68.4 Å². The summed E-state index contributed by atoms with van der Waals surface area (Å²) in [6, 6.07) is 0.761. The molecule has 1 aliphatic carbocycles. The van der Waals surface area contributed by atoms with Crippen molar-refractivity contribution < 1.29 is 4.79 Å². The van der Waals surface area contributed by atoms with Crippen LogP contribution in [0, 0.1) is 17.3 Å². The van der Waals surface area contributed by atoms with Crippen molar-refractivity contribution in [2.24, 2.45) is 17.3 Å². The van der Waals surface area contributed by atoms with Crippen LogP contribution in [0.5, 0.6) is 0 Å². The van der Waals surface area contributed by atoms with Gasteiger partial charge in [0.1, 0.15) is 0 Å². The van der Waals surface area contributed by atoms with Crippen molar-refractivity contribution in [2.75, 3.05) is 13.7 Å². The first-order chi connectivity index (χ1) is 13.2. The van der Waals surface area contributed by atoms with E-state index in [0.717, 1.165) is 38.8 Å². The van der Waals surface area contributed by atoms with Gasteiger partial charge in [0.2, 0.25) is 5.91 Å². The highest BCUT2D eigenvalue weighted by Crippen LogP contribution is 2.33. The minimum atomic E-state index is -0.0156. The number of hydrogen-bond acceptors (Lipinski definition) is 5. The third kappa shape index (κ3) is 5.68. The van der Waals surface area contributed by atoms with Crippen molar-refractivity contribution in [1.29, 1.82) is 0 Å². The van der Waals surface area contributed by atoms with Crippen molar-refractivity contribution in [3.05, 3.63) is 0 Å². The fourth-order valence-corrected chi connectivity index (χ4v) is 5.29. The van der Waals surface area contributed by atoms with E-state index in [-0.39, 0.29) is 17.4 Å². The Morgan fingerprint density at radius 3 is 2.61 bits per heavy atom. The number of carbonyl (C=O) groups excluding carboxylic acids is 1. The minimum Gasteiger partial charge on any atom is -0.352 e. The summed E-state index contributed by atoms with van der Waals surface area (Å²) >= 11 is 0. The molecule has 6 atom stereocenters. The molecule has 1 amide bonds. The molecule has 3 rings (SSSR count). The van der Waals surface area contributed by atoms with Crippen molar-refractivity contribution >= 4 is 5.91 Å². The Labute approximate surface area is 171 Å². The highest BCUT2D eigenvalue weighted by Gasteiger charge is 2.35. The summed E-state index contributed by atoms with van der Waals surface area (Å²) in [5, 5.41) is 7.05. The Hall–Kier alpha value is -0.690. The third-order valence-electron chi connectivity index (χ3n) is 7.34. The first-order valence-corrected chi connectivity index (χ1v) is 11.5. The fourth-order valence-electron chi connectivity index (χ4n) is 5.29. The predicted octanol–water partition coefficient (Wildman–Crippen LogP) is 2.57. The van der Waals surface area contributed by atoms with E-state index in [2.05, 4.69) is 61.1 Å². The second-order valence-electron chi connectivity index (χ2n) is 10.7. The van der Waals surface area contributed by atoms with Gasteiger partial charge in [-0.25, -0.2) is 10.9 Å². The van der Waals surface area contributed by atoms with Crippen molar-refractivity contribution in [3.63, 3.8) is 0 Å². The molecule has 0 aromatic carbocycles. The molecule has 162 valence electrons. The van der Waals surface area contributed by atoms with Gasteiger partial charge in [-0.2, -0.15) is 0 Å². The highest BCUT2D eigenvalue weighted by atomic mass is 16.2. The smallest absolute Gasteiger partial charge is 0.237 e. The van der Waals surface area contributed by atoms with Gasteiger partial charge in [-0.1, -0.05) is 40.5 Å². The Morgan fingerprint density at radius 1 is 1.18 bits per heavy atom. The van der Waals surface area contributed by atoms with Gasteiger partial charge in [-0.3, -0.25) is 9.69 Å². The number of rotatable bonds is 5. The molecule has 1 saturated carbocycles. The van der Waals surface area contributed by atoms with Gasteiger partial charge in [-0.05, 0) is 62.8 Å². The fraction of sp³-hybridized carbons (Fsp3) is 0.955. The van der Waals surface area contributed by atoms with E-state index in [1.54, 1.807) is 0 Å². The van der Waals surface area contributed by atoms with Crippen LogP contribution in [0.1, 0.15) is 79.1 Å². The van der Waals surface area contributed by atoms with E-state index in [4.69, 9.17) is 0 Å². The summed E-state index contributed by atoms with van der Waals surface area (Å²) in [4.78, 5) is 15.3. The summed E-state index contributed by atoms with van der Waals surface area (Å²) in [6.45, 7) is 10.1. The lowest BCUT2D eigenvalue weighted by Crippen LogP contribution is -2.56. The van der Waals surface area contributed by atoms with Crippen LogP contribution in [0.3, 0.4) is 0 Å². The normalized spacial score (nSPS) is 36.2. The summed E-state index contributed by atoms with van der Waals surface area (Å²) in [6.07, 6.45) is 9.66. The molecule has 0 aromatic rings. The summed E-state index contributed by atoms with van der Waals surface area (Å²) in [7, 11) is 2.16. The SMILES string of the molecule is C[C@H](CC1NNCN1C)C1CCCC(NC(=O)C2CCCC(C(C)(C)C)N2)C1. The van der Waals surface area contributed by atoms with Gasteiger partial charge in [0.05, 0.1) is 18.9 Å². The lowest BCUT2D eigenvalue weighted by Gasteiger charge is -2.39. The number of nitrogens with zero attached hydrogens (tertiary/aromatic N) is 1. The van der Waals surface area contributed by atoms with Crippen LogP contribution in [0.25, 0.3) is 0 Å². The standard InChI is InChI=1S/C22H43N5O/c1-15(12-20-26-23-14-27(20)5)16-8-6-9-17(13-16)24-21(28)18-10-7-11-19(25-18)22(2,3)4/h15-20,23,25-26H,6-14H2,1-5H3,(H,24,28)/t15-,16?,17?,18?,19?,20?/m1/s1. The van der Waals surface area contributed by atoms with Crippen molar-refractivity contribution in [1.82, 2.24) is 26.4 Å². The van der Waals surface area contributed by atoms with E-state index in [0.29, 0.717) is 30.1 Å². The van der Waals surface area contributed by atoms with Crippen LogP contribution in [-0.4, -0.2) is 48.8 Å². The Morgan fingerprint density at radius 2 is 1.93 bits per heavy atom. The van der Waals surface area contributed by atoms with E-state index < -0.39 is 0 Å². The molecule has 0 bridgehead atoms. The van der Waals surface area contributed by atoms with Crippen LogP contribution in [0.15, 0.2) is 0 Å². The molecule has 28 heavy (non-hydrogen) atoms. The summed E-state index contributed by atoms with van der Waals surface area (Å²) in [5.41, 5.74) is 6.81. The number of carbonyl (C=O) groups is 1. The van der Waals surface area contributed by atoms with E-state index in [1.165, 1.54) is 19.3 Å². The molecule has 3 fully saturated rings. The molecule has 2 saturated heterocycles. The molecule has 6 nitrogen and oxygen atoms in total. The van der Waals surface area contributed by atoms with Crippen LogP contribution in [0.4, 0.5) is 0 Å². The van der Waals surface area contributed by atoms with Crippen LogP contribution in [0.2, 0.25) is 0 Å². The van der Waals surface area contributed by atoms with Gasteiger partial charge in [-0.15, -0.1) is 0 Å². The third-order valence-corrected chi connectivity index (χ3v) is 7.34. The lowest BCUT2D eigenvalue weighted by atomic mass is 9.76. The molecule has 0 radical (unpaired) electrons. The van der Waals surface area contributed by atoms with Crippen LogP contribution < -0.4 is 21.5 Å². The number of hydrogen-bond donors (Lipinski definition) is 4. The number of piperidine rings is 1. The molecular formula is C22H43N5O. The largest absolute Gasteiger partial charge is 0.352 e. The average Bonchev–Trinajstić information content (AvgIpc) is 3.06. The quantitative estimate of drug-likeness (QED) is 0.578. The molecule has 3 aliphatic rings. The second-order valence-corrected chi connectivity index (χ2v) is 10.7. The molecule has 6 heteroatoms. The number of nitrogens with one attached hydrogen (secondary N) is 4. The molecule has 5 unspecified atom stereocenters. The van der Waals surface area contributed by atoms with E-state index in [9.17, 15) is 4.79 Å². The lowest BCUT2D eigenvalue weighted by molar-refractivity contribution is -0.125. The first-order valence-electron chi connectivity index (χ1n) is 11.5. The van der Waals surface area contributed by atoms with Crippen LogP contribution >= 0.6 is 0 Å². The maximum absolute atomic E-state index is 12.9. The molecular weight excluding hydrogens is 350 g/mol. The van der Waals surface area contributed by atoms with Crippen molar-refractivity contribution in [3.8, 4) is 0 Å². The van der Waals surface area contributed by atoms with Crippen LogP contribution in [-0.2, 0) is 4.79 Å². The van der Waals surface area contributed by atoms with E-state index >= 15 is 0 Å². The Balaban J connectivity index is 1.48. The predicted molar refractivity (Wildman–Crippen MR) is 114 cm³/mol. The van der Waals surface area contributed by atoms with Gasteiger partial charge in [0, 0.05) is 12.1 Å². The zero-order valence-corrected chi connectivity index (χ0v) is 18.7. The zero-order chi connectivity index (χ0) is 20.3. The summed E-state index contributed by atoms with van der Waals surface area (Å²) < 4.78 is 0. The van der Waals surface area contributed by atoms with Gasteiger partial charge in [0.15, 0.2) is 0 Å². The number of amides is 1. The molecule has 2 heterocycles. The Kier molecular flexibility index (Phi) is 7.40. The molecule has 0 spiro atoms. The first kappa shape index (κ1) is 22.0. The Bertz CT molecular complexity index is 520. The molecule has 0 aromatic heterocycles. The minimum absolute atomic E-state index is 0.0156. The average molecular weight is 394 g/mol. The number of hydrazine groups is 1. The second kappa shape index (κ2) is 9.41. The van der Waals surface area contributed by atoms with Gasteiger partial charge in [0.25, 0.3) is 0 Å². The molecule has 4 N–H and O–H groups in total. The maximum atomic E-state index is 12.9. The van der Waals surface area contributed by atoms with Crippen molar-refractivity contribution in [2.45, 2.75) is 103 Å². The monoisotopic (exact) mass is 393 g/mol. The highest BCUT2D eigenvalue weighted by molar-refractivity contribution is 5.82. The van der Waals surface area contributed by atoms with E-state index in [1.807, 2.05) is 0 Å². The van der Waals surface area contributed by atoms with Gasteiger partial charge >= 0.3 is 0 Å². The van der Waals surface area contributed by atoms with Gasteiger partial charge < -0.3 is 10.6 Å². The summed E-state index contributed by atoms with van der Waals surface area (Å²) in [5.74, 6) is 1.60. The maximum Gasteiger partial charge on any atom is 0.237 e. The molecule has 2 aliphatic heterocycles. The zero-order valence-electron chi connectivity index (χ0n) is 18.7.